The standard InChI is InChI=1S/C27H32N4O3/c1-6-20(17-28-24-19(3)26(33)31(5)27(34)30(24)4)16-18(2)25(32)29-23-14-12-22(13-15-23)21-10-8-7-9-11-21/h7-15,17-18,20H,6,16H2,1-5H3,(H,29,32). The molecule has 2 atom stereocenters. The van der Waals surface area contributed by atoms with E-state index in [1.165, 1.54) is 11.6 Å². The second kappa shape index (κ2) is 10.9. The quantitative estimate of drug-likeness (QED) is 0.504. The van der Waals surface area contributed by atoms with E-state index < -0.39 is 5.69 Å². The van der Waals surface area contributed by atoms with Crippen molar-refractivity contribution in [3.63, 3.8) is 0 Å². The Balaban J connectivity index is 1.66. The molecule has 0 saturated heterocycles. The lowest BCUT2D eigenvalue weighted by Crippen LogP contribution is -2.38. The molecule has 0 saturated carbocycles. The van der Waals surface area contributed by atoms with Gasteiger partial charge in [-0.1, -0.05) is 56.3 Å². The predicted molar refractivity (Wildman–Crippen MR) is 138 cm³/mol. The number of hydrogen-bond acceptors (Lipinski definition) is 4. The van der Waals surface area contributed by atoms with Crippen LogP contribution in [0, 0.1) is 18.8 Å². The van der Waals surface area contributed by atoms with Crippen LogP contribution in [0.2, 0.25) is 0 Å². The van der Waals surface area contributed by atoms with Crippen LogP contribution in [0.5, 0.6) is 0 Å². The van der Waals surface area contributed by atoms with Crippen LogP contribution >= 0.6 is 0 Å². The van der Waals surface area contributed by atoms with Gasteiger partial charge in [0.25, 0.3) is 5.56 Å². The summed E-state index contributed by atoms with van der Waals surface area (Å²) in [5, 5.41) is 2.99. The van der Waals surface area contributed by atoms with E-state index in [0.717, 1.165) is 27.8 Å². The molecule has 1 aromatic heterocycles. The van der Waals surface area contributed by atoms with E-state index in [-0.39, 0.29) is 23.3 Å². The minimum atomic E-state index is -0.415. The van der Waals surface area contributed by atoms with Gasteiger partial charge in [0.05, 0.1) is 5.56 Å². The molecule has 0 spiro atoms. The first-order valence-electron chi connectivity index (χ1n) is 11.5. The van der Waals surface area contributed by atoms with Crippen molar-refractivity contribution in [1.29, 1.82) is 0 Å². The molecule has 0 radical (unpaired) electrons. The molecule has 2 unspecified atom stereocenters. The number of carbonyl (C=O) groups is 1. The minimum Gasteiger partial charge on any atom is -0.326 e. The number of hydrogen-bond donors (Lipinski definition) is 1. The molecule has 178 valence electrons. The van der Waals surface area contributed by atoms with Gasteiger partial charge in [0.1, 0.15) is 5.82 Å². The molecule has 0 fully saturated rings. The van der Waals surface area contributed by atoms with Crippen molar-refractivity contribution in [2.45, 2.75) is 33.6 Å². The van der Waals surface area contributed by atoms with Gasteiger partial charge >= 0.3 is 5.69 Å². The lowest BCUT2D eigenvalue weighted by Gasteiger charge is -2.17. The zero-order chi connectivity index (χ0) is 24.8. The average molecular weight is 461 g/mol. The Morgan fingerprint density at radius 1 is 1.00 bits per heavy atom. The van der Waals surface area contributed by atoms with Gasteiger partial charge in [-0.2, -0.15) is 0 Å². The molecule has 1 heterocycles. The van der Waals surface area contributed by atoms with Gasteiger partial charge in [0.2, 0.25) is 5.91 Å². The van der Waals surface area contributed by atoms with Crippen LogP contribution in [0.3, 0.4) is 0 Å². The average Bonchev–Trinajstić information content (AvgIpc) is 2.86. The highest BCUT2D eigenvalue weighted by Gasteiger charge is 2.18. The molecule has 0 aliphatic carbocycles. The number of nitrogens with one attached hydrogen (secondary N) is 1. The number of amides is 1. The van der Waals surface area contributed by atoms with Crippen LogP contribution < -0.4 is 16.6 Å². The molecule has 2 aromatic carbocycles. The fourth-order valence-corrected chi connectivity index (χ4v) is 3.90. The third kappa shape index (κ3) is 5.60. The maximum absolute atomic E-state index is 12.8. The van der Waals surface area contributed by atoms with E-state index in [4.69, 9.17) is 0 Å². The van der Waals surface area contributed by atoms with E-state index >= 15 is 0 Å². The predicted octanol–water partition coefficient (Wildman–Crippen LogP) is 4.45. The second-order valence-electron chi connectivity index (χ2n) is 8.67. The molecular weight excluding hydrogens is 428 g/mol. The Morgan fingerprint density at radius 3 is 2.24 bits per heavy atom. The van der Waals surface area contributed by atoms with Crippen LogP contribution in [-0.4, -0.2) is 21.3 Å². The van der Waals surface area contributed by atoms with Crippen molar-refractivity contribution in [3.05, 3.63) is 81.0 Å². The summed E-state index contributed by atoms with van der Waals surface area (Å²) in [4.78, 5) is 41.7. The second-order valence-corrected chi connectivity index (χ2v) is 8.67. The van der Waals surface area contributed by atoms with Crippen molar-refractivity contribution in [3.8, 4) is 11.1 Å². The summed E-state index contributed by atoms with van der Waals surface area (Å²) in [6, 6.07) is 17.9. The number of benzene rings is 2. The van der Waals surface area contributed by atoms with E-state index in [2.05, 4.69) is 22.4 Å². The number of nitrogens with zero attached hydrogens (tertiary/aromatic N) is 3. The third-order valence-corrected chi connectivity index (χ3v) is 6.15. The van der Waals surface area contributed by atoms with Crippen LogP contribution in [0.1, 0.15) is 32.3 Å². The van der Waals surface area contributed by atoms with E-state index in [1.807, 2.05) is 56.3 Å². The largest absolute Gasteiger partial charge is 0.332 e. The molecule has 1 N–H and O–H groups in total. The van der Waals surface area contributed by atoms with Crippen molar-refractivity contribution >= 4 is 23.6 Å². The minimum absolute atomic E-state index is 0.0276. The zero-order valence-electron chi connectivity index (χ0n) is 20.4. The van der Waals surface area contributed by atoms with Gasteiger partial charge in [-0.3, -0.25) is 18.7 Å². The summed E-state index contributed by atoms with van der Waals surface area (Å²) < 4.78 is 2.44. The summed E-state index contributed by atoms with van der Waals surface area (Å²) >= 11 is 0. The van der Waals surface area contributed by atoms with Crippen molar-refractivity contribution in [2.75, 3.05) is 5.32 Å². The number of aliphatic imine (C=N–C) groups is 1. The van der Waals surface area contributed by atoms with Crippen LogP contribution in [0.15, 0.2) is 69.2 Å². The van der Waals surface area contributed by atoms with Crippen molar-refractivity contribution in [1.82, 2.24) is 9.13 Å². The summed E-state index contributed by atoms with van der Waals surface area (Å²) in [7, 11) is 3.05. The highest BCUT2D eigenvalue weighted by molar-refractivity contribution is 5.92. The molecule has 7 heteroatoms. The Bertz CT molecular complexity index is 1250. The maximum Gasteiger partial charge on any atom is 0.332 e. The lowest BCUT2D eigenvalue weighted by molar-refractivity contribution is -0.119. The molecule has 0 bridgehead atoms. The number of aromatic nitrogens is 2. The molecular formula is C27H32N4O3. The van der Waals surface area contributed by atoms with E-state index in [9.17, 15) is 14.4 Å². The Labute approximate surface area is 199 Å². The molecule has 0 aliphatic rings. The molecule has 34 heavy (non-hydrogen) atoms. The first-order valence-corrected chi connectivity index (χ1v) is 11.5. The highest BCUT2D eigenvalue weighted by Crippen LogP contribution is 2.22. The SMILES string of the molecule is CCC(C=Nc1c(C)c(=O)n(C)c(=O)n1C)CC(C)C(=O)Nc1ccc(-c2ccccc2)cc1. The van der Waals surface area contributed by atoms with Gasteiger partial charge in [-0.25, -0.2) is 9.79 Å². The van der Waals surface area contributed by atoms with Crippen LogP contribution in [0.25, 0.3) is 11.1 Å². The van der Waals surface area contributed by atoms with Crippen LogP contribution in [0.4, 0.5) is 11.5 Å². The van der Waals surface area contributed by atoms with Crippen molar-refractivity contribution < 1.29 is 4.79 Å². The molecule has 7 nitrogen and oxygen atoms in total. The number of rotatable bonds is 8. The summed E-state index contributed by atoms with van der Waals surface area (Å²) in [5.74, 6) is 0.0807. The van der Waals surface area contributed by atoms with Gasteiger partial charge in [-0.05, 0) is 48.9 Å². The monoisotopic (exact) mass is 460 g/mol. The summed E-state index contributed by atoms with van der Waals surface area (Å²) in [5.41, 5.74) is 2.62. The maximum atomic E-state index is 12.8. The van der Waals surface area contributed by atoms with E-state index in [0.29, 0.717) is 17.8 Å². The summed E-state index contributed by atoms with van der Waals surface area (Å²) in [6.45, 7) is 5.58. The van der Waals surface area contributed by atoms with Crippen molar-refractivity contribution in [2.24, 2.45) is 30.9 Å². The molecule has 0 aliphatic heterocycles. The normalized spacial score (nSPS) is 13.1. The third-order valence-electron chi connectivity index (χ3n) is 6.15. The lowest BCUT2D eigenvalue weighted by atomic mass is 9.94. The van der Waals surface area contributed by atoms with E-state index in [1.54, 1.807) is 20.2 Å². The highest BCUT2D eigenvalue weighted by atomic mass is 16.2. The molecule has 1 amide bonds. The Hall–Kier alpha value is -3.74. The fraction of sp³-hybridized carbons (Fsp3) is 0.333. The number of anilines is 1. The smallest absolute Gasteiger partial charge is 0.326 e. The van der Waals surface area contributed by atoms with Crippen LogP contribution in [-0.2, 0) is 18.9 Å². The zero-order valence-corrected chi connectivity index (χ0v) is 20.4. The van der Waals surface area contributed by atoms with Gasteiger partial charge in [0, 0.05) is 31.9 Å². The Morgan fingerprint density at radius 2 is 1.62 bits per heavy atom. The van der Waals surface area contributed by atoms with Gasteiger partial charge < -0.3 is 5.32 Å². The topological polar surface area (TPSA) is 85.5 Å². The fourth-order valence-electron chi connectivity index (χ4n) is 3.90. The van der Waals surface area contributed by atoms with Gasteiger partial charge in [0.15, 0.2) is 0 Å². The first kappa shape index (κ1) is 24.9. The van der Waals surface area contributed by atoms with Gasteiger partial charge in [-0.15, -0.1) is 0 Å². The first-order chi connectivity index (χ1) is 16.2. The molecule has 3 rings (SSSR count). The molecule has 3 aromatic rings. The Kier molecular flexibility index (Phi) is 7.99. The summed E-state index contributed by atoms with van der Waals surface area (Å²) in [6.07, 6.45) is 3.14. The number of carbonyl (C=O) groups excluding carboxylic acids is 1.